The molecule has 0 aliphatic heterocycles. The average molecular weight is 903 g/mol. The van der Waals surface area contributed by atoms with Gasteiger partial charge < -0.3 is 9.80 Å². The van der Waals surface area contributed by atoms with Gasteiger partial charge in [0.15, 0.2) is 0 Å². The minimum Gasteiger partial charge on any atom is -0.311 e. The lowest BCUT2D eigenvalue weighted by molar-refractivity contribution is 0.795. The van der Waals surface area contributed by atoms with Crippen molar-refractivity contribution in [3.05, 3.63) is 301 Å². The van der Waals surface area contributed by atoms with Crippen LogP contribution in [0.5, 0.6) is 0 Å². The van der Waals surface area contributed by atoms with E-state index in [1.54, 1.807) is 0 Å². The second kappa shape index (κ2) is 16.5. The molecule has 2 aliphatic carbocycles. The van der Waals surface area contributed by atoms with Crippen molar-refractivity contribution in [3.63, 3.8) is 0 Å². The third kappa shape index (κ3) is 6.28. The third-order valence-corrected chi connectivity index (χ3v) is 15.0. The number of hydrogen-bond acceptors (Lipinski definition) is 2. The average Bonchev–Trinajstić information content (AvgIpc) is 3.91. The summed E-state index contributed by atoms with van der Waals surface area (Å²) in [5, 5.41) is 4.93. The molecular weight excluding hydrogens is 857 g/mol. The summed E-state index contributed by atoms with van der Waals surface area (Å²) in [4.78, 5) is 4.71. The molecule has 0 fully saturated rings. The molecule has 0 N–H and O–H groups in total. The van der Waals surface area contributed by atoms with Gasteiger partial charge in [-0.25, -0.2) is 0 Å². The fourth-order valence-electron chi connectivity index (χ4n) is 12.1. The number of rotatable bonds is 8. The molecular formula is C69H46N2. The first-order chi connectivity index (χ1) is 35.3. The molecule has 0 saturated carbocycles. The molecule has 1 spiro atoms. The van der Waals surface area contributed by atoms with E-state index in [4.69, 9.17) is 0 Å². The van der Waals surface area contributed by atoms with E-state index in [1.807, 2.05) is 0 Å². The molecule has 14 rings (SSSR count). The van der Waals surface area contributed by atoms with Gasteiger partial charge in [-0.1, -0.05) is 200 Å². The van der Waals surface area contributed by atoms with Crippen LogP contribution in [0.4, 0.5) is 34.1 Å². The van der Waals surface area contributed by atoms with Crippen LogP contribution in [0.3, 0.4) is 0 Å². The zero-order valence-corrected chi connectivity index (χ0v) is 39.0. The van der Waals surface area contributed by atoms with Crippen molar-refractivity contribution < 1.29 is 0 Å². The SMILES string of the molecule is c1ccc(N(c2ccccc2)c2ccc(-c3cc4c(c5ccccc35)-c3ccc(-c5ccc(N(c6ccccc6)c6ccccc6)c6ccccc56)cc3C43c4ccccc4-c4ccccc43)cc2)cc1. The van der Waals surface area contributed by atoms with Crippen LogP contribution < -0.4 is 9.80 Å². The Bertz CT molecular complexity index is 3850. The predicted octanol–water partition coefficient (Wildman–Crippen LogP) is 18.6. The van der Waals surface area contributed by atoms with Crippen molar-refractivity contribution in [2.45, 2.75) is 5.41 Å². The van der Waals surface area contributed by atoms with Crippen LogP contribution in [0, 0.1) is 0 Å². The molecule has 332 valence electrons. The van der Waals surface area contributed by atoms with Gasteiger partial charge in [-0.2, -0.15) is 0 Å². The Morgan fingerprint density at radius 3 is 1.21 bits per heavy atom. The summed E-state index contributed by atoms with van der Waals surface area (Å²) in [5.41, 5.74) is 21.5. The molecule has 0 atom stereocenters. The second-order valence-corrected chi connectivity index (χ2v) is 18.7. The molecule has 0 heterocycles. The van der Waals surface area contributed by atoms with Crippen LogP contribution in [-0.2, 0) is 5.41 Å². The summed E-state index contributed by atoms with van der Waals surface area (Å²) in [7, 11) is 0. The van der Waals surface area contributed by atoms with E-state index in [1.165, 1.54) is 88.3 Å². The highest BCUT2D eigenvalue weighted by Gasteiger charge is 2.52. The maximum atomic E-state index is 2.54. The van der Waals surface area contributed by atoms with E-state index in [0.717, 1.165) is 34.1 Å². The Morgan fingerprint density at radius 1 is 0.225 bits per heavy atom. The molecule has 2 aliphatic rings. The third-order valence-electron chi connectivity index (χ3n) is 15.0. The maximum Gasteiger partial charge on any atom is 0.0726 e. The van der Waals surface area contributed by atoms with Gasteiger partial charge in [-0.3, -0.25) is 0 Å². The smallest absolute Gasteiger partial charge is 0.0726 e. The Balaban J connectivity index is 0.982. The first kappa shape index (κ1) is 40.8. The fourth-order valence-corrected chi connectivity index (χ4v) is 12.1. The van der Waals surface area contributed by atoms with E-state index in [9.17, 15) is 0 Å². The van der Waals surface area contributed by atoms with Gasteiger partial charge in [-0.15, -0.1) is 0 Å². The van der Waals surface area contributed by atoms with Crippen molar-refractivity contribution >= 4 is 55.7 Å². The molecule has 0 unspecified atom stereocenters. The first-order valence-corrected chi connectivity index (χ1v) is 24.6. The Hall–Kier alpha value is -9.24. The number of anilines is 6. The standard InChI is InChI=1S/C69H46N2/c1-5-21-49(22-6-1)70(50-23-7-2-8-24-50)53-40-37-47(38-41-53)62-46-66-68(60-34-16-14-30-56(60)62)61-42-39-48(45-65(61)69(66)63-35-19-17-31-57(63)58-32-18-20-36-64(58)69)54-43-44-67(59-33-15-13-29-55(54)59)71(51-25-9-3-10-26-51)52-27-11-4-12-28-52/h1-46H. The van der Waals surface area contributed by atoms with E-state index in [2.05, 4.69) is 289 Å². The lowest BCUT2D eigenvalue weighted by Gasteiger charge is -2.31. The molecule has 12 aromatic carbocycles. The summed E-state index contributed by atoms with van der Waals surface area (Å²) in [6.07, 6.45) is 0. The second-order valence-electron chi connectivity index (χ2n) is 18.7. The number of benzene rings is 12. The van der Waals surface area contributed by atoms with E-state index >= 15 is 0 Å². The van der Waals surface area contributed by atoms with Gasteiger partial charge in [0.1, 0.15) is 0 Å². The highest BCUT2D eigenvalue weighted by atomic mass is 15.1. The van der Waals surface area contributed by atoms with E-state index < -0.39 is 5.41 Å². The van der Waals surface area contributed by atoms with Crippen LogP contribution in [-0.4, -0.2) is 0 Å². The molecule has 2 heteroatoms. The zero-order chi connectivity index (χ0) is 46.9. The molecule has 2 nitrogen and oxygen atoms in total. The lowest BCUT2D eigenvalue weighted by Crippen LogP contribution is -2.26. The number of hydrogen-bond donors (Lipinski definition) is 0. The molecule has 71 heavy (non-hydrogen) atoms. The Labute approximate surface area is 414 Å². The first-order valence-electron chi connectivity index (χ1n) is 24.6. The van der Waals surface area contributed by atoms with E-state index in [0.29, 0.717) is 0 Å². The maximum absolute atomic E-state index is 2.54. The highest BCUT2D eigenvalue weighted by Crippen LogP contribution is 2.65. The van der Waals surface area contributed by atoms with Gasteiger partial charge in [0, 0.05) is 33.8 Å². The largest absolute Gasteiger partial charge is 0.311 e. The van der Waals surface area contributed by atoms with Crippen LogP contribution in [0.15, 0.2) is 279 Å². The molecule has 0 bridgehead atoms. The fraction of sp³-hybridized carbons (Fsp3) is 0.0145. The van der Waals surface area contributed by atoms with Gasteiger partial charge >= 0.3 is 0 Å². The lowest BCUT2D eigenvalue weighted by atomic mass is 9.69. The predicted molar refractivity (Wildman–Crippen MR) is 298 cm³/mol. The van der Waals surface area contributed by atoms with Crippen molar-refractivity contribution in [1.82, 2.24) is 0 Å². The topological polar surface area (TPSA) is 6.48 Å². The minimum atomic E-state index is -0.558. The molecule has 12 aromatic rings. The molecule has 0 amide bonds. The summed E-state index contributed by atoms with van der Waals surface area (Å²) in [6, 6.07) is 103. The summed E-state index contributed by atoms with van der Waals surface area (Å²) >= 11 is 0. The van der Waals surface area contributed by atoms with Crippen molar-refractivity contribution in [2.75, 3.05) is 9.80 Å². The normalized spacial score (nSPS) is 12.6. The molecule has 0 aromatic heterocycles. The van der Waals surface area contributed by atoms with Crippen molar-refractivity contribution in [3.8, 4) is 44.5 Å². The van der Waals surface area contributed by atoms with Gasteiger partial charge in [0.2, 0.25) is 0 Å². The van der Waals surface area contributed by atoms with E-state index in [-0.39, 0.29) is 0 Å². The Morgan fingerprint density at radius 2 is 0.648 bits per heavy atom. The quantitative estimate of drug-likeness (QED) is 0.150. The van der Waals surface area contributed by atoms with Crippen LogP contribution >= 0.6 is 0 Å². The number of para-hydroxylation sites is 4. The van der Waals surface area contributed by atoms with Crippen LogP contribution in [0.1, 0.15) is 22.3 Å². The van der Waals surface area contributed by atoms with Crippen LogP contribution in [0.2, 0.25) is 0 Å². The molecule has 0 radical (unpaired) electrons. The van der Waals surface area contributed by atoms with Gasteiger partial charge in [0.25, 0.3) is 0 Å². The number of nitrogens with zero attached hydrogens (tertiary/aromatic N) is 2. The van der Waals surface area contributed by atoms with Gasteiger partial charge in [0.05, 0.1) is 11.1 Å². The van der Waals surface area contributed by atoms with Crippen molar-refractivity contribution in [1.29, 1.82) is 0 Å². The molecule has 0 saturated heterocycles. The summed E-state index contributed by atoms with van der Waals surface area (Å²) in [5.74, 6) is 0. The zero-order valence-electron chi connectivity index (χ0n) is 39.0. The van der Waals surface area contributed by atoms with Crippen LogP contribution in [0.25, 0.3) is 66.1 Å². The minimum absolute atomic E-state index is 0.558. The van der Waals surface area contributed by atoms with Gasteiger partial charge in [-0.05, 0) is 162 Å². The summed E-state index contributed by atoms with van der Waals surface area (Å²) < 4.78 is 0. The number of fused-ring (bicyclic) bond motifs is 13. The monoisotopic (exact) mass is 902 g/mol. The highest BCUT2D eigenvalue weighted by molar-refractivity contribution is 6.12. The van der Waals surface area contributed by atoms with Crippen molar-refractivity contribution in [2.24, 2.45) is 0 Å². The summed E-state index contributed by atoms with van der Waals surface area (Å²) in [6.45, 7) is 0. The Kier molecular flexibility index (Phi) is 9.47.